The summed E-state index contributed by atoms with van der Waals surface area (Å²) in [6, 6.07) is 11.0. The highest BCUT2D eigenvalue weighted by Gasteiger charge is 2.41. The predicted molar refractivity (Wildman–Crippen MR) is 114 cm³/mol. The van der Waals surface area contributed by atoms with Gasteiger partial charge in [-0.15, -0.1) is 0 Å². The molecule has 0 saturated carbocycles. The molecule has 0 bridgehead atoms. The number of benzene rings is 1. The number of ketones is 1. The van der Waals surface area contributed by atoms with Crippen molar-refractivity contribution in [1.29, 1.82) is 5.26 Å². The van der Waals surface area contributed by atoms with E-state index in [-0.39, 0.29) is 23.7 Å². The monoisotopic (exact) mass is 417 g/mol. The first-order valence-corrected chi connectivity index (χ1v) is 10.2. The number of amides is 1. The first kappa shape index (κ1) is 20.6. The minimum Gasteiger partial charge on any atom is -0.497 e. The van der Waals surface area contributed by atoms with Gasteiger partial charge in [0.05, 0.1) is 12.8 Å². The molecule has 0 radical (unpaired) electrons. The minimum absolute atomic E-state index is 0.00222. The van der Waals surface area contributed by atoms with Gasteiger partial charge in [-0.3, -0.25) is 14.4 Å². The molecule has 7 heteroatoms. The molecule has 1 amide bonds. The molecule has 2 heterocycles. The number of aromatic nitrogens is 1. The molecule has 0 N–H and O–H groups in total. The van der Waals surface area contributed by atoms with Gasteiger partial charge in [0.15, 0.2) is 5.78 Å². The van der Waals surface area contributed by atoms with Crippen LogP contribution in [0.5, 0.6) is 5.75 Å². The summed E-state index contributed by atoms with van der Waals surface area (Å²) in [6.07, 6.45) is 1.58. The van der Waals surface area contributed by atoms with Crippen LogP contribution in [0.15, 0.2) is 46.4 Å². The lowest BCUT2D eigenvalue weighted by molar-refractivity contribution is -0.121. The third-order valence-corrected chi connectivity index (χ3v) is 6.02. The summed E-state index contributed by atoms with van der Waals surface area (Å²) in [7, 11) is 1.57. The van der Waals surface area contributed by atoms with Gasteiger partial charge in [0.2, 0.25) is 5.91 Å². The summed E-state index contributed by atoms with van der Waals surface area (Å²) < 4.78 is 6.58. The average Bonchev–Trinajstić information content (AvgIpc) is 2.75. The fourth-order valence-corrected chi connectivity index (χ4v) is 4.62. The Balaban J connectivity index is 1.95. The van der Waals surface area contributed by atoms with E-state index < -0.39 is 11.5 Å². The van der Waals surface area contributed by atoms with Crippen LogP contribution in [0.25, 0.3) is 0 Å². The lowest BCUT2D eigenvalue weighted by Crippen LogP contribution is -2.52. The molecule has 158 valence electrons. The number of ether oxygens (including phenoxy) is 1. The highest BCUT2D eigenvalue weighted by atomic mass is 16.5. The Bertz CT molecular complexity index is 1230. The minimum atomic E-state index is -0.543. The number of rotatable bonds is 3. The van der Waals surface area contributed by atoms with Crippen molar-refractivity contribution in [2.45, 2.75) is 45.4 Å². The number of nitrogens with zero attached hydrogens (tertiary/aromatic N) is 3. The van der Waals surface area contributed by atoms with E-state index in [1.165, 1.54) is 9.69 Å². The number of carbonyl (C=O) groups excluding carboxylic acids is 2. The maximum absolute atomic E-state index is 13.4. The van der Waals surface area contributed by atoms with Crippen molar-refractivity contribution in [2.24, 2.45) is 0 Å². The summed E-state index contributed by atoms with van der Waals surface area (Å²) in [5, 5.41) is 10.8. The molecule has 1 aliphatic heterocycles. The van der Waals surface area contributed by atoms with Crippen molar-refractivity contribution in [3.05, 3.63) is 74.3 Å². The first-order valence-electron chi connectivity index (χ1n) is 10.2. The molecule has 7 nitrogen and oxygen atoms in total. The van der Waals surface area contributed by atoms with E-state index in [4.69, 9.17) is 4.74 Å². The van der Waals surface area contributed by atoms with Crippen LogP contribution < -0.4 is 15.3 Å². The van der Waals surface area contributed by atoms with Crippen LogP contribution in [-0.4, -0.2) is 23.5 Å². The largest absolute Gasteiger partial charge is 0.497 e. The average molecular weight is 417 g/mol. The smallest absolute Gasteiger partial charge is 0.288 e. The first-order chi connectivity index (χ1) is 14.9. The number of methoxy groups -OCH3 is 1. The van der Waals surface area contributed by atoms with Gasteiger partial charge in [0.1, 0.15) is 17.4 Å². The number of hydrogen-bond acceptors (Lipinski definition) is 5. The van der Waals surface area contributed by atoms with E-state index in [0.29, 0.717) is 47.5 Å². The van der Waals surface area contributed by atoms with E-state index >= 15 is 0 Å². The third-order valence-electron chi connectivity index (χ3n) is 6.02. The van der Waals surface area contributed by atoms with Gasteiger partial charge in [-0.2, -0.15) is 5.26 Å². The van der Waals surface area contributed by atoms with E-state index in [1.54, 1.807) is 27.0 Å². The molecule has 1 aliphatic carbocycles. The molecule has 2 aromatic rings. The van der Waals surface area contributed by atoms with E-state index in [1.807, 2.05) is 30.3 Å². The van der Waals surface area contributed by atoms with Crippen molar-refractivity contribution < 1.29 is 14.3 Å². The van der Waals surface area contributed by atoms with Crippen LogP contribution in [0.1, 0.15) is 54.0 Å². The maximum atomic E-state index is 13.4. The summed E-state index contributed by atoms with van der Waals surface area (Å²) in [6.45, 7) is 3.42. The summed E-state index contributed by atoms with van der Waals surface area (Å²) in [5.41, 5.74) is 2.52. The van der Waals surface area contributed by atoms with Gasteiger partial charge in [0, 0.05) is 30.0 Å². The van der Waals surface area contributed by atoms with Gasteiger partial charge in [-0.1, -0.05) is 12.1 Å². The van der Waals surface area contributed by atoms with Crippen LogP contribution in [-0.2, 0) is 9.59 Å². The van der Waals surface area contributed by atoms with E-state index in [0.717, 1.165) is 5.56 Å². The van der Waals surface area contributed by atoms with E-state index in [9.17, 15) is 19.6 Å². The molecule has 1 aromatic heterocycles. The Labute approximate surface area is 180 Å². The third kappa shape index (κ3) is 3.34. The molecule has 1 aromatic carbocycles. The van der Waals surface area contributed by atoms with Gasteiger partial charge in [-0.25, -0.2) is 9.69 Å². The fourth-order valence-electron chi connectivity index (χ4n) is 4.62. The van der Waals surface area contributed by atoms with Crippen LogP contribution in [0.3, 0.4) is 0 Å². The van der Waals surface area contributed by atoms with Crippen LogP contribution in [0.4, 0.5) is 0 Å². The zero-order chi connectivity index (χ0) is 22.3. The Morgan fingerprint density at radius 1 is 1.13 bits per heavy atom. The highest BCUT2D eigenvalue weighted by Crippen LogP contribution is 2.41. The standard InChI is InChI=1S/C24H23N3O4/c1-14-10-15(2)26(24(30)19(14)13-25)27-20-8-5-9-21(28)23(20)18(12-22(27)29)16-6-4-7-17(11-16)31-3/h4,6-7,10-11,18H,5,8-9,12H2,1-3H3/t18-/m1/s1. The molecular formula is C24H23N3O4. The number of aryl methyl sites for hydroxylation is 2. The van der Waals surface area contributed by atoms with Crippen molar-refractivity contribution in [2.75, 3.05) is 12.1 Å². The molecule has 0 unspecified atom stereocenters. The second-order valence-electron chi connectivity index (χ2n) is 7.95. The topological polar surface area (TPSA) is 92.4 Å². The van der Waals surface area contributed by atoms with Crippen molar-refractivity contribution in [3.63, 3.8) is 0 Å². The highest BCUT2D eigenvalue weighted by molar-refractivity contribution is 6.04. The fraction of sp³-hybridized carbons (Fsp3) is 0.333. The SMILES string of the molecule is COc1cccc([C@H]2CC(=O)N(n3c(C)cc(C)c(C#N)c3=O)C3=C2C(=O)CCC3)c1. The molecule has 1 atom stereocenters. The Morgan fingerprint density at radius 2 is 1.90 bits per heavy atom. The Kier molecular flexibility index (Phi) is 5.24. The number of carbonyl (C=O) groups is 2. The summed E-state index contributed by atoms with van der Waals surface area (Å²) in [5.74, 6) is -0.0234. The van der Waals surface area contributed by atoms with E-state index in [2.05, 4.69) is 0 Å². The van der Waals surface area contributed by atoms with Crippen molar-refractivity contribution in [3.8, 4) is 11.8 Å². The Hall–Kier alpha value is -3.66. The van der Waals surface area contributed by atoms with Crippen LogP contribution in [0, 0.1) is 25.2 Å². The number of hydrogen-bond donors (Lipinski definition) is 0. The zero-order valence-electron chi connectivity index (χ0n) is 17.8. The van der Waals surface area contributed by atoms with Gasteiger partial charge in [-0.05, 0) is 56.0 Å². The summed E-state index contributed by atoms with van der Waals surface area (Å²) >= 11 is 0. The number of pyridine rings is 1. The molecular weight excluding hydrogens is 394 g/mol. The molecule has 31 heavy (non-hydrogen) atoms. The Morgan fingerprint density at radius 3 is 2.61 bits per heavy atom. The maximum Gasteiger partial charge on any atom is 0.288 e. The predicted octanol–water partition coefficient (Wildman–Crippen LogP) is 3.00. The zero-order valence-corrected chi connectivity index (χ0v) is 17.8. The second-order valence-corrected chi connectivity index (χ2v) is 7.95. The van der Waals surface area contributed by atoms with Crippen LogP contribution >= 0.6 is 0 Å². The quantitative estimate of drug-likeness (QED) is 0.765. The lowest BCUT2D eigenvalue weighted by Gasteiger charge is -2.39. The molecule has 2 aliphatic rings. The van der Waals surface area contributed by atoms with Crippen molar-refractivity contribution >= 4 is 11.7 Å². The van der Waals surface area contributed by atoms with Gasteiger partial charge < -0.3 is 4.74 Å². The molecule has 0 spiro atoms. The molecule has 0 saturated heterocycles. The number of nitriles is 1. The molecule has 4 rings (SSSR count). The summed E-state index contributed by atoms with van der Waals surface area (Å²) in [4.78, 5) is 39.5. The number of Topliss-reactive ketones (excluding diaryl/α,β-unsaturated/α-hetero) is 1. The number of allylic oxidation sites excluding steroid dienone is 2. The lowest BCUT2D eigenvalue weighted by atomic mass is 9.77. The van der Waals surface area contributed by atoms with Gasteiger partial charge >= 0.3 is 0 Å². The normalized spacial score (nSPS) is 18.6. The second kappa shape index (κ2) is 7.88. The van der Waals surface area contributed by atoms with Crippen LogP contribution in [0.2, 0.25) is 0 Å². The van der Waals surface area contributed by atoms with Crippen molar-refractivity contribution in [1.82, 2.24) is 4.68 Å². The molecule has 0 fully saturated rings. The van der Waals surface area contributed by atoms with Gasteiger partial charge in [0.25, 0.3) is 5.56 Å².